The Balaban J connectivity index is 1.60. The van der Waals surface area contributed by atoms with Gasteiger partial charge >= 0.3 is 5.97 Å². The standard InChI is InChI=1S/C24H23NO5/c1-3-16-7-8-17(4-2)20(14-16)21(26)15-30-24(28)18-9-11-19(12-10-18)25-23(27)22-6-5-13-29-22/h5-14H,3-4,15H2,1-2H3,(H,25,27). The Bertz CT molecular complexity index is 1040. The lowest BCUT2D eigenvalue weighted by Gasteiger charge is -2.10. The number of hydrogen-bond acceptors (Lipinski definition) is 5. The minimum atomic E-state index is -0.600. The third-order valence-corrected chi connectivity index (χ3v) is 4.72. The number of amides is 1. The third kappa shape index (κ3) is 5.03. The van der Waals surface area contributed by atoms with Crippen molar-refractivity contribution in [1.82, 2.24) is 0 Å². The summed E-state index contributed by atoms with van der Waals surface area (Å²) in [5.41, 5.74) is 3.39. The monoisotopic (exact) mass is 405 g/mol. The summed E-state index contributed by atoms with van der Waals surface area (Å²) in [6.45, 7) is 3.68. The zero-order valence-corrected chi connectivity index (χ0v) is 16.9. The first-order chi connectivity index (χ1) is 14.5. The molecule has 1 amide bonds. The Morgan fingerprint density at radius 1 is 0.967 bits per heavy atom. The number of furan rings is 1. The topological polar surface area (TPSA) is 85.6 Å². The molecule has 2 aromatic carbocycles. The van der Waals surface area contributed by atoms with Crippen molar-refractivity contribution in [2.75, 3.05) is 11.9 Å². The van der Waals surface area contributed by atoms with Crippen molar-refractivity contribution in [3.05, 3.63) is 88.9 Å². The number of carbonyl (C=O) groups is 3. The molecule has 3 aromatic rings. The first-order valence-electron chi connectivity index (χ1n) is 9.78. The van der Waals surface area contributed by atoms with Crippen LogP contribution in [0.4, 0.5) is 5.69 Å². The van der Waals surface area contributed by atoms with Gasteiger partial charge in [0.05, 0.1) is 11.8 Å². The second kappa shape index (κ2) is 9.69. The molecular weight excluding hydrogens is 382 g/mol. The summed E-state index contributed by atoms with van der Waals surface area (Å²) in [4.78, 5) is 36.9. The van der Waals surface area contributed by atoms with E-state index in [1.807, 2.05) is 32.0 Å². The lowest BCUT2D eigenvalue weighted by molar-refractivity contribution is 0.0474. The third-order valence-electron chi connectivity index (χ3n) is 4.72. The Kier molecular flexibility index (Phi) is 6.80. The van der Waals surface area contributed by atoms with Gasteiger partial charge in [0.25, 0.3) is 5.91 Å². The van der Waals surface area contributed by atoms with Crippen molar-refractivity contribution in [3.8, 4) is 0 Å². The lowest BCUT2D eigenvalue weighted by atomic mass is 9.98. The van der Waals surface area contributed by atoms with Crippen molar-refractivity contribution in [2.45, 2.75) is 26.7 Å². The van der Waals surface area contributed by atoms with Gasteiger partial charge in [0.15, 0.2) is 12.4 Å². The van der Waals surface area contributed by atoms with Crippen LogP contribution in [-0.2, 0) is 17.6 Å². The molecule has 0 aliphatic heterocycles. The van der Waals surface area contributed by atoms with Gasteiger partial charge in [0.2, 0.25) is 5.78 Å². The molecule has 30 heavy (non-hydrogen) atoms. The van der Waals surface area contributed by atoms with Gasteiger partial charge in [-0.25, -0.2) is 4.79 Å². The van der Waals surface area contributed by atoms with E-state index < -0.39 is 5.97 Å². The highest BCUT2D eigenvalue weighted by Crippen LogP contribution is 2.16. The SMILES string of the molecule is CCc1ccc(CC)c(C(=O)COC(=O)c2ccc(NC(=O)c3ccco3)cc2)c1. The Hall–Kier alpha value is -3.67. The van der Waals surface area contributed by atoms with Gasteiger partial charge in [-0.15, -0.1) is 0 Å². The van der Waals surface area contributed by atoms with E-state index in [-0.39, 0.29) is 29.6 Å². The van der Waals surface area contributed by atoms with Gasteiger partial charge in [0, 0.05) is 11.3 Å². The molecule has 0 saturated carbocycles. The van der Waals surface area contributed by atoms with Gasteiger partial charge < -0.3 is 14.5 Å². The average Bonchev–Trinajstić information content (AvgIpc) is 3.32. The number of Topliss-reactive ketones (excluding diaryl/α,β-unsaturated/α-hetero) is 1. The summed E-state index contributed by atoms with van der Waals surface area (Å²) in [5.74, 6) is -1.02. The molecule has 154 valence electrons. The van der Waals surface area contributed by atoms with Gasteiger partial charge in [0.1, 0.15) is 0 Å². The molecule has 0 radical (unpaired) electrons. The van der Waals surface area contributed by atoms with E-state index in [0.717, 1.165) is 24.0 Å². The molecule has 6 nitrogen and oxygen atoms in total. The maximum absolute atomic E-state index is 12.6. The van der Waals surface area contributed by atoms with Crippen LogP contribution in [-0.4, -0.2) is 24.3 Å². The molecule has 0 spiro atoms. The number of nitrogens with one attached hydrogen (secondary N) is 1. The molecule has 0 aliphatic rings. The summed E-state index contributed by atoms with van der Waals surface area (Å²) in [6, 6.07) is 15.2. The van der Waals surface area contributed by atoms with E-state index in [9.17, 15) is 14.4 Å². The largest absolute Gasteiger partial charge is 0.459 e. The van der Waals surface area contributed by atoms with Crippen LogP contribution in [0.25, 0.3) is 0 Å². The predicted molar refractivity (Wildman–Crippen MR) is 113 cm³/mol. The van der Waals surface area contributed by atoms with Crippen LogP contribution in [0.2, 0.25) is 0 Å². The highest BCUT2D eigenvalue weighted by molar-refractivity contribution is 6.03. The van der Waals surface area contributed by atoms with Crippen LogP contribution in [0.15, 0.2) is 65.3 Å². The molecule has 1 aromatic heterocycles. The fourth-order valence-corrected chi connectivity index (χ4v) is 2.99. The van der Waals surface area contributed by atoms with Crippen molar-refractivity contribution in [3.63, 3.8) is 0 Å². The predicted octanol–water partition coefficient (Wildman–Crippen LogP) is 4.70. The van der Waals surface area contributed by atoms with E-state index in [4.69, 9.17) is 9.15 Å². The summed E-state index contributed by atoms with van der Waals surface area (Å²) in [6.07, 6.45) is 2.97. The number of rotatable bonds is 8. The molecular formula is C24H23NO5. The number of ketones is 1. The molecule has 0 saturated heterocycles. The van der Waals surface area contributed by atoms with Gasteiger partial charge in [-0.05, 0) is 66.4 Å². The van der Waals surface area contributed by atoms with E-state index in [0.29, 0.717) is 11.3 Å². The van der Waals surface area contributed by atoms with Crippen LogP contribution >= 0.6 is 0 Å². The summed E-state index contributed by atoms with van der Waals surface area (Å²) in [7, 11) is 0. The zero-order chi connectivity index (χ0) is 21.5. The van der Waals surface area contributed by atoms with Gasteiger partial charge in [-0.2, -0.15) is 0 Å². The van der Waals surface area contributed by atoms with Crippen molar-refractivity contribution >= 4 is 23.3 Å². The summed E-state index contributed by atoms with van der Waals surface area (Å²) < 4.78 is 10.2. The number of hydrogen-bond donors (Lipinski definition) is 1. The van der Waals surface area contributed by atoms with Gasteiger partial charge in [-0.1, -0.05) is 26.0 Å². The molecule has 0 fully saturated rings. The van der Waals surface area contributed by atoms with Crippen LogP contribution in [0.1, 0.15) is 56.2 Å². The number of esters is 1. The van der Waals surface area contributed by atoms with Crippen LogP contribution in [0, 0.1) is 0 Å². The summed E-state index contributed by atoms with van der Waals surface area (Å²) in [5, 5.41) is 2.67. The summed E-state index contributed by atoms with van der Waals surface area (Å²) >= 11 is 0. The van der Waals surface area contributed by atoms with E-state index >= 15 is 0 Å². The number of ether oxygens (including phenoxy) is 1. The molecule has 0 aliphatic carbocycles. The van der Waals surface area contributed by atoms with Crippen LogP contribution < -0.4 is 5.32 Å². The van der Waals surface area contributed by atoms with E-state index in [1.54, 1.807) is 24.3 Å². The Morgan fingerprint density at radius 2 is 1.73 bits per heavy atom. The molecule has 0 bridgehead atoms. The first-order valence-corrected chi connectivity index (χ1v) is 9.78. The van der Waals surface area contributed by atoms with Crippen LogP contribution in [0.5, 0.6) is 0 Å². The second-order valence-corrected chi connectivity index (χ2v) is 6.71. The number of carbonyl (C=O) groups excluding carboxylic acids is 3. The zero-order valence-electron chi connectivity index (χ0n) is 16.9. The normalized spacial score (nSPS) is 10.5. The first kappa shape index (κ1) is 21.0. The number of aryl methyl sites for hydroxylation is 2. The Morgan fingerprint density at radius 3 is 2.37 bits per heavy atom. The maximum Gasteiger partial charge on any atom is 0.338 e. The lowest BCUT2D eigenvalue weighted by Crippen LogP contribution is -2.16. The molecule has 6 heteroatoms. The molecule has 1 N–H and O–H groups in total. The van der Waals surface area contributed by atoms with E-state index in [1.165, 1.54) is 18.4 Å². The Labute approximate surface area is 174 Å². The van der Waals surface area contributed by atoms with Crippen molar-refractivity contribution in [1.29, 1.82) is 0 Å². The highest BCUT2D eigenvalue weighted by atomic mass is 16.5. The minimum absolute atomic E-state index is 0.190. The number of benzene rings is 2. The smallest absolute Gasteiger partial charge is 0.338 e. The second-order valence-electron chi connectivity index (χ2n) is 6.71. The fraction of sp³-hybridized carbons (Fsp3) is 0.208. The quantitative estimate of drug-likeness (QED) is 0.434. The van der Waals surface area contributed by atoms with Crippen LogP contribution in [0.3, 0.4) is 0 Å². The average molecular weight is 405 g/mol. The maximum atomic E-state index is 12.6. The van der Waals surface area contributed by atoms with Crippen molar-refractivity contribution < 1.29 is 23.5 Å². The fourth-order valence-electron chi connectivity index (χ4n) is 2.99. The minimum Gasteiger partial charge on any atom is -0.459 e. The highest BCUT2D eigenvalue weighted by Gasteiger charge is 2.15. The van der Waals surface area contributed by atoms with E-state index in [2.05, 4.69) is 5.32 Å². The van der Waals surface area contributed by atoms with Crippen molar-refractivity contribution in [2.24, 2.45) is 0 Å². The van der Waals surface area contributed by atoms with Gasteiger partial charge in [-0.3, -0.25) is 9.59 Å². The molecule has 3 rings (SSSR count). The molecule has 0 unspecified atom stereocenters. The number of anilines is 1. The molecule has 0 atom stereocenters. The molecule has 1 heterocycles.